The molecule has 4 nitrogen and oxygen atoms in total. The second-order valence-corrected chi connectivity index (χ2v) is 4.62. The van der Waals surface area contributed by atoms with E-state index in [-0.39, 0.29) is 5.56 Å². The third-order valence-corrected chi connectivity index (χ3v) is 3.36. The van der Waals surface area contributed by atoms with Gasteiger partial charge in [0.15, 0.2) is 0 Å². The smallest absolute Gasteiger partial charge is 0.340 e. The zero-order valence-corrected chi connectivity index (χ0v) is 11.1. The molecule has 100 valence electrons. The van der Waals surface area contributed by atoms with Crippen molar-refractivity contribution in [3.8, 4) is 11.3 Å². The van der Waals surface area contributed by atoms with Gasteiger partial charge in [0.05, 0.1) is 5.52 Å². The molecule has 1 N–H and O–H groups in total. The number of pyridine rings is 1. The fourth-order valence-corrected chi connectivity index (χ4v) is 2.31. The highest BCUT2D eigenvalue weighted by Crippen LogP contribution is 2.26. The molecule has 0 amide bonds. The minimum absolute atomic E-state index is 0.249. The number of aryl methyl sites for hydroxylation is 1. The van der Waals surface area contributed by atoms with E-state index in [9.17, 15) is 9.90 Å². The summed E-state index contributed by atoms with van der Waals surface area (Å²) in [6.07, 6.45) is 2.77. The fourth-order valence-electron chi connectivity index (χ4n) is 2.31. The Morgan fingerprint density at radius 1 is 1.20 bits per heavy atom. The van der Waals surface area contributed by atoms with Gasteiger partial charge in [-0.2, -0.15) is 5.10 Å². The van der Waals surface area contributed by atoms with Crippen molar-refractivity contribution >= 4 is 11.5 Å². The van der Waals surface area contributed by atoms with E-state index in [0.29, 0.717) is 11.2 Å². The highest BCUT2D eigenvalue weighted by atomic mass is 16.4. The molecule has 3 aromatic rings. The summed E-state index contributed by atoms with van der Waals surface area (Å²) in [5, 5.41) is 13.9. The van der Waals surface area contributed by atoms with Crippen LogP contribution in [0.5, 0.6) is 0 Å². The second-order valence-electron chi connectivity index (χ2n) is 4.62. The van der Waals surface area contributed by atoms with Crippen LogP contribution in [0, 0.1) is 0 Å². The molecule has 3 rings (SSSR count). The van der Waals surface area contributed by atoms with E-state index >= 15 is 0 Å². The van der Waals surface area contributed by atoms with Crippen molar-refractivity contribution in [2.24, 2.45) is 0 Å². The Morgan fingerprint density at radius 2 is 1.95 bits per heavy atom. The minimum atomic E-state index is -0.955. The molecule has 2 aromatic heterocycles. The highest BCUT2D eigenvalue weighted by Gasteiger charge is 2.20. The molecule has 0 bridgehead atoms. The number of rotatable bonds is 3. The predicted molar refractivity (Wildman–Crippen MR) is 77.0 cm³/mol. The average Bonchev–Trinajstić information content (AvgIpc) is 2.86. The number of carboxylic acid groups (broad SMARTS) is 1. The molecule has 0 aliphatic heterocycles. The van der Waals surface area contributed by atoms with Gasteiger partial charge in [-0.1, -0.05) is 43.3 Å². The van der Waals surface area contributed by atoms with Gasteiger partial charge in [-0.25, -0.2) is 9.31 Å². The molecule has 0 aliphatic carbocycles. The summed E-state index contributed by atoms with van der Waals surface area (Å²) in [5.41, 5.74) is 3.31. The average molecular weight is 266 g/mol. The Bertz CT molecular complexity index is 776. The fraction of sp³-hybridized carbons (Fsp3) is 0.125. The van der Waals surface area contributed by atoms with Crippen LogP contribution >= 0.6 is 0 Å². The molecule has 0 spiro atoms. The number of fused-ring (bicyclic) bond motifs is 1. The van der Waals surface area contributed by atoms with E-state index in [4.69, 9.17) is 0 Å². The van der Waals surface area contributed by atoms with Crippen molar-refractivity contribution in [2.45, 2.75) is 13.3 Å². The van der Waals surface area contributed by atoms with Crippen molar-refractivity contribution in [3.05, 3.63) is 59.8 Å². The first kappa shape index (κ1) is 12.4. The summed E-state index contributed by atoms with van der Waals surface area (Å²) < 4.78 is 1.66. The second kappa shape index (κ2) is 4.81. The van der Waals surface area contributed by atoms with Crippen LogP contribution in [0.4, 0.5) is 0 Å². The molecule has 0 saturated heterocycles. The van der Waals surface area contributed by atoms with Crippen LogP contribution in [0.3, 0.4) is 0 Å². The number of benzene rings is 1. The maximum Gasteiger partial charge on any atom is 0.340 e. The molecule has 1 aromatic carbocycles. The van der Waals surface area contributed by atoms with Gasteiger partial charge in [0.25, 0.3) is 0 Å². The van der Waals surface area contributed by atoms with Crippen molar-refractivity contribution < 1.29 is 9.90 Å². The third-order valence-electron chi connectivity index (χ3n) is 3.36. The summed E-state index contributed by atoms with van der Waals surface area (Å²) in [6.45, 7) is 2.06. The molecule has 2 heterocycles. The van der Waals surface area contributed by atoms with E-state index in [2.05, 4.69) is 12.0 Å². The summed E-state index contributed by atoms with van der Waals surface area (Å²) in [7, 11) is 0. The topological polar surface area (TPSA) is 54.6 Å². The first-order valence-corrected chi connectivity index (χ1v) is 6.50. The summed E-state index contributed by atoms with van der Waals surface area (Å²) in [6, 6.07) is 13.2. The third kappa shape index (κ3) is 1.95. The van der Waals surface area contributed by atoms with Gasteiger partial charge in [-0.3, -0.25) is 0 Å². The van der Waals surface area contributed by atoms with Crippen molar-refractivity contribution in [2.75, 3.05) is 0 Å². The number of carboxylic acids is 1. The van der Waals surface area contributed by atoms with Gasteiger partial charge in [-0.05, 0) is 18.1 Å². The number of carbonyl (C=O) groups is 1. The Hall–Kier alpha value is -2.62. The minimum Gasteiger partial charge on any atom is -0.478 e. The molecular weight excluding hydrogens is 252 g/mol. The highest BCUT2D eigenvalue weighted by molar-refractivity contribution is 6.02. The molecule has 0 atom stereocenters. The summed E-state index contributed by atoms with van der Waals surface area (Å²) in [4.78, 5) is 11.6. The summed E-state index contributed by atoms with van der Waals surface area (Å²) >= 11 is 0. The molecule has 0 radical (unpaired) electrons. The van der Waals surface area contributed by atoms with Crippen LogP contribution in [-0.2, 0) is 6.42 Å². The van der Waals surface area contributed by atoms with Crippen LogP contribution in [0.1, 0.15) is 22.8 Å². The Labute approximate surface area is 116 Å². The van der Waals surface area contributed by atoms with Crippen LogP contribution in [0.2, 0.25) is 0 Å². The maximum absolute atomic E-state index is 11.6. The number of hydrogen-bond donors (Lipinski definition) is 1. The van der Waals surface area contributed by atoms with Gasteiger partial charge < -0.3 is 5.11 Å². The lowest BCUT2D eigenvalue weighted by Gasteiger charge is -1.98. The number of hydrogen-bond acceptors (Lipinski definition) is 2. The van der Waals surface area contributed by atoms with E-state index in [1.165, 1.54) is 0 Å². The Morgan fingerprint density at radius 3 is 2.60 bits per heavy atom. The van der Waals surface area contributed by atoms with Crippen molar-refractivity contribution in [1.29, 1.82) is 0 Å². The SMILES string of the molecule is CCc1ccc2c(C(=O)O)c(-c3ccccc3)nn2c1. The standard InChI is InChI=1S/C16H14N2O2/c1-2-11-8-9-13-14(16(19)20)15(17-18(13)10-11)12-6-4-3-5-7-12/h3-10H,2H2,1H3,(H,19,20). The normalized spacial score (nSPS) is 10.8. The first-order chi connectivity index (χ1) is 9.70. The Balaban J connectivity index is 2.31. The molecule has 20 heavy (non-hydrogen) atoms. The lowest BCUT2D eigenvalue weighted by Crippen LogP contribution is -1.98. The van der Waals surface area contributed by atoms with Crippen LogP contribution < -0.4 is 0 Å². The predicted octanol–water partition coefficient (Wildman–Crippen LogP) is 3.26. The molecule has 0 saturated carbocycles. The van der Waals surface area contributed by atoms with E-state index in [0.717, 1.165) is 17.5 Å². The van der Waals surface area contributed by atoms with Gasteiger partial charge >= 0.3 is 5.97 Å². The van der Waals surface area contributed by atoms with Crippen LogP contribution in [-0.4, -0.2) is 20.7 Å². The van der Waals surface area contributed by atoms with Crippen molar-refractivity contribution in [1.82, 2.24) is 9.61 Å². The maximum atomic E-state index is 11.6. The number of nitrogens with zero attached hydrogens (tertiary/aromatic N) is 2. The lowest BCUT2D eigenvalue weighted by atomic mass is 10.1. The van der Waals surface area contributed by atoms with Gasteiger partial charge in [-0.15, -0.1) is 0 Å². The quantitative estimate of drug-likeness (QED) is 0.791. The largest absolute Gasteiger partial charge is 0.478 e. The number of aromatic carboxylic acids is 1. The van der Waals surface area contributed by atoms with Crippen LogP contribution in [0.25, 0.3) is 16.8 Å². The van der Waals surface area contributed by atoms with E-state index < -0.39 is 5.97 Å². The van der Waals surface area contributed by atoms with E-state index in [1.54, 1.807) is 4.52 Å². The number of aromatic nitrogens is 2. The monoisotopic (exact) mass is 266 g/mol. The first-order valence-electron chi connectivity index (χ1n) is 6.50. The zero-order valence-electron chi connectivity index (χ0n) is 11.1. The molecule has 0 aliphatic rings. The van der Waals surface area contributed by atoms with Crippen LogP contribution in [0.15, 0.2) is 48.7 Å². The molecule has 0 fully saturated rings. The van der Waals surface area contributed by atoms with Gasteiger partial charge in [0.1, 0.15) is 11.3 Å². The molecule has 0 unspecified atom stereocenters. The lowest BCUT2D eigenvalue weighted by molar-refractivity contribution is 0.0700. The Kier molecular flexibility index (Phi) is 2.99. The van der Waals surface area contributed by atoms with Gasteiger partial charge in [0.2, 0.25) is 0 Å². The molecule has 4 heteroatoms. The summed E-state index contributed by atoms with van der Waals surface area (Å²) in [5.74, 6) is -0.955. The van der Waals surface area contributed by atoms with E-state index in [1.807, 2.05) is 48.7 Å². The van der Waals surface area contributed by atoms with Gasteiger partial charge in [0, 0.05) is 11.8 Å². The molecular formula is C16H14N2O2. The van der Waals surface area contributed by atoms with Crippen molar-refractivity contribution in [3.63, 3.8) is 0 Å². The zero-order chi connectivity index (χ0) is 14.1.